The summed E-state index contributed by atoms with van der Waals surface area (Å²) in [5.41, 5.74) is 0.751. The van der Waals surface area contributed by atoms with E-state index in [-0.39, 0.29) is 35.8 Å². The van der Waals surface area contributed by atoms with E-state index in [1.165, 1.54) is 24.3 Å². The Morgan fingerprint density at radius 1 is 1.26 bits per heavy atom. The van der Waals surface area contributed by atoms with Crippen molar-refractivity contribution < 1.29 is 14.0 Å². The Balaban J connectivity index is 1.61. The van der Waals surface area contributed by atoms with E-state index in [1.807, 2.05) is 18.7 Å². The average molecular weight is 393 g/mol. The number of piperazine rings is 1. The maximum atomic E-state index is 13.0. The molecule has 1 amide bonds. The van der Waals surface area contributed by atoms with Crippen LogP contribution in [-0.4, -0.2) is 63.5 Å². The number of benzene rings is 1. The van der Waals surface area contributed by atoms with E-state index in [9.17, 15) is 14.0 Å². The molecule has 27 heavy (non-hydrogen) atoms. The van der Waals surface area contributed by atoms with Gasteiger partial charge in [-0.1, -0.05) is 11.6 Å². The SMILES string of the molecule is CCn1cc(Cl)c(C(=O)N2CCN(CC(=O)c3ccc(F)cc3)C[C@@H]2C)n1. The number of amides is 1. The van der Waals surface area contributed by atoms with Crippen LogP contribution in [0, 0.1) is 5.82 Å². The van der Waals surface area contributed by atoms with Crippen LogP contribution in [0.1, 0.15) is 34.7 Å². The standard InChI is InChI=1S/C19H22ClFN4O2/c1-3-24-11-16(20)18(22-24)19(27)25-9-8-23(10-13(25)2)12-17(26)14-4-6-15(21)7-5-14/h4-7,11,13H,3,8-10,12H2,1-2H3/t13-/m0/s1. The number of aryl methyl sites for hydroxylation is 1. The predicted octanol–water partition coefficient (Wildman–Crippen LogP) is 2.72. The van der Waals surface area contributed by atoms with Crippen LogP contribution in [0.2, 0.25) is 5.02 Å². The van der Waals surface area contributed by atoms with E-state index in [4.69, 9.17) is 11.6 Å². The summed E-state index contributed by atoms with van der Waals surface area (Å²) in [4.78, 5) is 28.9. The molecule has 0 saturated carbocycles. The fraction of sp³-hybridized carbons (Fsp3) is 0.421. The first-order valence-corrected chi connectivity index (χ1v) is 9.32. The molecule has 8 heteroatoms. The molecule has 0 bridgehead atoms. The lowest BCUT2D eigenvalue weighted by molar-refractivity contribution is 0.0477. The summed E-state index contributed by atoms with van der Waals surface area (Å²) in [6.07, 6.45) is 1.65. The highest BCUT2D eigenvalue weighted by molar-refractivity contribution is 6.33. The number of nitrogens with zero attached hydrogens (tertiary/aromatic N) is 4. The molecule has 0 N–H and O–H groups in total. The number of aromatic nitrogens is 2. The zero-order valence-electron chi connectivity index (χ0n) is 15.4. The van der Waals surface area contributed by atoms with E-state index in [0.717, 1.165) is 0 Å². The molecule has 1 aliphatic rings. The van der Waals surface area contributed by atoms with Crippen LogP contribution >= 0.6 is 11.6 Å². The van der Waals surface area contributed by atoms with Gasteiger partial charge in [0.15, 0.2) is 11.5 Å². The summed E-state index contributed by atoms with van der Waals surface area (Å²) in [5.74, 6) is -0.618. The Bertz CT molecular complexity index is 837. The summed E-state index contributed by atoms with van der Waals surface area (Å²) < 4.78 is 14.6. The molecule has 6 nitrogen and oxygen atoms in total. The number of carbonyl (C=O) groups is 2. The van der Waals surface area contributed by atoms with Gasteiger partial charge in [-0.05, 0) is 38.1 Å². The second kappa shape index (κ2) is 8.19. The first-order chi connectivity index (χ1) is 12.9. The maximum Gasteiger partial charge on any atom is 0.276 e. The molecule has 0 radical (unpaired) electrons. The van der Waals surface area contributed by atoms with Gasteiger partial charge in [0.05, 0.1) is 11.6 Å². The lowest BCUT2D eigenvalue weighted by atomic mass is 10.1. The Morgan fingerprint density at radius 3 is 2.56 bits per heavy atom. The third-order valence-electron chi connectivity index (χ3n) is 4.75. The summed E-state index contributed by atoms with van der Waals surface area (Å²) in [5, 5.41) is 4.60. The van der Waals surface area contributed by atoms with Crippen LogP contribution in [0.15, 0.2) is 30.5 Å². The lowest BCUT2D eigenvalue weighted by Gasteiger charge is -2.39. The molecule has 1 saturated heterocycles. The van der Waals surface area contributed by atoms with Crippen molar-refractivity contribution in [3.8, 4) is 0 Å². The first-order valence-electron chi connectivity index (χ1n) is 8.94. The fourth-order valence-electron chi connectivity index (χ4n) is 3.25. The second-order valence-corrected chi connectivity index (χ2v) is 7.10. The monoisotopic (exact) mass is 392 g/mol. The third kappa shape index (κ3) is 4.36. The van der Waals surface area contributed by atoms with Crippen molar-refractivity contribution in [2.45, 2.75) is 26.4 Å². The van der Waals surface area contributed by atoms with E-state index < -0.39 is 0 Å². The van der Waals surface area contributed by atoms with E-state index in [0.29, 0.717) is 36.8 Å². The zero-order chi connectivity index (χ0) is 19.6. The molecular weight excluding hydrogens is 371 g/mol. The summed E-state index contributed by atoms with van der Waals surface area (Å²) in [7, 11) is 0. The molecule has 2 heterocycles. The van der Waals surface area contributed by atoms with Gasteiger partial charge in [-0.15, -0.1) is 0 Å². The van der Waals surface area contributed by atoms with Crippen molar-refractivity contribution in [3.63, 3.8) is 0 Å². The molecule has 3 rings (SSSR count). The Hall–Kier alpha value is -2.25. The average Bonchev–Trinajstić information content (AvgIpc) is 3.03. The zero-order valence-corrected chi connectivity index (χ0v) is 16.1. The minimum Gasteiger partial charge on any atom is -0.332 e. The van der Waals surface area contributed by atoms with E-state index in [2.05, 4.69) is 5.10 Å². The summed E-state index contributed by atoms with van der Waals surface area (Å²) >= 11 is 6.15. The maximum absolute atomic E-state index is 13.0. The quantitative estimate of drug-likeness (QED) is 0.734. The van der Waals surface area contributed by atoms with Crippen molar-refractivity contribution in [2.75, 3.05) is 26.2 Å². The number of hydrogen-bond donors (Lipinski definition) is 0. The summed E-state index contributed by atoms with van der Waals surface area (Å²) in [6.45, 7) is 6.39. The minimum absolute atomic E-state index is 0.0632. The van der Waals surface area contributed by atoms with Crippen LogP contribution < -0.4 is 0 Å². The molecule has 1 fully saturated rings. The molecule has 1 aliphatic heterocycles. The van der Waals surface area contributed by atoms with Crippen LogP contribution in [-0.2, 0) is 6.54 Å². The van der Waals surface area contributed by atoms with Crippen molar-refractivity contribution >= 4 is 23.3 Å². The number of rotatable bonds is 5. The van der Waals surface area contributed by atoms with Gasteiger partial charge in [0, 0.05) is 44.0 Å². The highest BCUT2D eigenvalue weighted by Crippen LogP contribution is 2.20. The van der Waals surface area contributed by atoms with Crippen molar-refractivity contribution in [1.82, 2.24) is 19.6 Å². The fourth-order valence-corrected chi connectivity index (χ4v) is 3.48. The number of carbonyl (C=O) groups excluding carboxylic acids is 2. The highest BCUT2D eigenvalue weighted by atomic mass is 35.5. The number of hydrogen-bond acceptors (Lipinski definition) is 4. The lowest BCUT2D eigenvalue weighted by Crippen LogP contribution is -2.55. The molecule has 2 aromatic rings. The molecule has 1 atom stereocenters. The molecule has 1 aromatic heterocycles. The molecule has 0 spiro atoms. The summed E-state index contributed by atoms with van der Waals surface area (Å²) in [6, 6.07) is 5.48. The first kappa shape index (κ1) is 19.5. The van der Waals surface area contributed by atoms with E-state index >= 15 is 0 Å². The molecular formula is C19H22ClFN4O2. The van der Waals surface area contributed by atoms with Gasteiger partial charge in [0.25, 0.3) is 5.91 Å². The van der Waals surface area contributed by atoms with Crippen LogP contribution in [0.3, 0.4) is 0 Å². The van der Waals surface area contributed by atoms with E-state index in [1.54, 1.807) is 15.8 Å². The largest absolute Gasteiger partial charge is 0.332 e. The minimum atomic E-state index is -0.364. The van der Waals surface area contributed by atoms with Crippen molar-refractivity contribution in [1.29, 1.82) is 0 Å². The Labute approximate surface area is 162 Å². The predicted molar refractivity (Wildman–Crippen MR) is 101 cm³/mol. The van der Waals surface area contributed by atoms with Crippen molar-refractivity contribution in [2.24, 2.45) is 0 Å². The van der Waals surface area contributed by atoms with Crippen LogP contribution in [0.25, 0.3) is 0 Å². The number of Topliss-reactive ketones (excluding diaryl/α,β-unsaturated/α-hetero) is 1. The molecule has 144 valence electrons. The molecule has 0 aliphatic carbocycles. The smallest absolute Gasteiger partial charge is 0.276 e. The highest BCUT2D eigenvalue weighted by Gasteiger charge is 2.31. The van der Waals surface area contributed by atoms with Gasteiger partial charge in [-0.25, -0.2) is 4.39 Å². The topological polar surface area (TPSA) is 58.4 Å². The number of ketones is 1. The van der Waals surface area contributed by atoms with Gasteiger partial charge in [0.1, 0.15) is 5.82 Å². The second-order valence-electron chi connectivity index (χ2n) is 6.69. The van der Waals surface area contributed by atoms with Gasteiger partial charge in [-0.2, -0.15) is 5.10 Å². The van der Waals surface area contributed by atoms with Crippen LogP contribution in [0.5, 0.6) is 0 Å². The van der Waals surface area contributed by atoms with Gasteiger partial charge < -0.3 is 4.90 Å². The Kier molecular flexibility index (Phi) is 5.92. The normalized spacial score (nSPS) is 17.9. The Morgan fingerprint density at radius 2 is 1.96 bits per heavy atom. The van der Waals surface area contributed by atoms with Crippen molar-refractivity contribution in [3.05, 3.63) is 52.6 Å². The van der Waals surface area contributed by atoms with Gasteiger partial charge >= 0.3 is 0 Å². The molecule has 0 unspecified atom stereocenters. The van der Waals surface area contributed by atoms with Gasteiger partial charge in [-0.3, -0.25) is 19.2 Å². The van der Waals surface area contributed by atoms with Crippen LogP contribution in [0.4, 0.5) is 4.39 Å². The third-order valence-corrected chi connectivity index (χ3v) is 5.03. The number of halogens is 2. The molecule has 1 aromatic carbocycles. The van der Waals surface area contributed by atoms with Gasteiger partial charge in [0.2, 0.25) is 0 Å².